The van der Waals surface area contributed by atoms with Crippen molar-refractivity contribution in [2.45, 2.75) is 147 Å². The Labute approximate surface area is 241 Å². The summed E-state index contributed by atoms with van der Waals surface area (Å²) in [5, 5.41) is 0. The van der Waals surface area contributed by atoms with Gasteiger partial charge in [0.25, 0.3) is 0 Å². The normalized spacial score (nSPS) is 30.6. The second-order valence-corrected chi connectivity index (χ2v) is 18.0. The molecule has 0 N–H and O–H groups in total. The highest BCUT2D eigenvalue weighted by atomic mass is 31.1. The molecule has 2 aliphatic rings. The maximum absolute atomic E-state index is 6.32. The maximum Gasteiger partial charge on any atom is 0.155 e. The molecule has 0 aromatic carbocycles. The first-order valence-electron chi connectivity index (χ1n) is 15.5. The van der Waals surface area contributed by atoms with Crippen molar-refractivity contribution < 1.29 is 18.1 Å². The second kappa shape index (κ2) is 14.7. The summed E-state index contributed by atoms with van der Waals surface area (Å²) in [7, 11) is 0.286. The zero-order valence-electron chi connectivity index (χ0n) is 27.2. The van der Waals surface area contributed by atoms with Gasteiger partial charge in [-0.15, -0.1) is 0 Å². The lowest BCUT2D eigenvalue weighted by Gasteiger charge is -2.46. The van der Waals surface area contributed by atoms with Crippen LogP contribution in [0, 0.1) is 45.3 Å². The van der Waals surface area contributed by atoms with Crippen molar-refractivity contribution in [3.05, 3.63) is 0 Å². The third-order valence-electron chi connectivity index (χ3n) is 9.51. The molecule has 8 unspecified atom stereocenters. The molecule has 8 atom stereocenters. The minimum Gasteiger partial charge on any atom is -0.336 e. The van der Waals surface area contributed by atoms with Gasteiger partial charge in [-0.05, 0) is 96.7 Å². The zero-order chi connectivity index (χ0) is 28.8. The van der Waals surface area contributed by atoms with Crippen molar-refractivity contribution in [2.75, 3.05) is 13.2 Å². The molecule has 0 spiro atoms. The third-order valence-corrected chi connectivity index (χ3v) is 10.9. The maximum atomic E-state index is 6.32. The zero-order valence-corrected chi connectivity index (χ0v) is 29.2. The fourth-order valence-electron chi connectivity index (χ4n) is 6.59. The van der Waals surface area contributed by atoms with E-state index in [1.807, 2.05) is 0 Å². The highest BCUT2D eigenvalue weighted by molar-refractivity contribution is 7.26. The molecule has 38 heavy (non-hydrogen) atoms. The van der Waals surface area contributed by atoms with E-state index in [9.17, 15) is 0 Å². The van der Waals surface area contributed by atoms with Crippen LogP contribution in [0.4, 0.5) is 0 Å². The Kier molecular flexibility index (Phi) is 13.5. The predicted octanol–water partition coefficient (Wildman–Crippen LogP) is 10.6. The van der Waals surface area contributed by atoms with Gasteiger partial charge >= 0.3 is 0 Å². The Bertz CT molecular complexity index is 613. The number of hydrogen-bond acceptors (Lipinski definition) is 4. The lowest BCUT2D eigenvalue weighted by Crippen LogP contribution is -2.41. The van der Waals surface area contributed by atoms with Gasteiger partial charge in [-0.25, -0.2) is 0 Å². The van der Waals surface area contributed by atoms with Crippen LogP contribution < -0.4 is 0 Å². The van der Waals surface area contributed by atoms with Gasteiger partial charge in [-0.1, -0.05) is 83.1 Å². The number of rotatable bonds is 11. The van der Waals surface area contributed by atoms with Crippen molar-refractivity contribution in [1.29, 1.82) is 0 Å². The molecule has 0 radical (unpaired) electrons. The van der Waals surface area contributed by atoms with Gasteiger partial charge < -0.3 is 18.1 Å². The molecule has 2 rings (SSSR count). The van der Waals surface area contributed by atoms with Crippen LogP contribution >= 0.6 is 18.1 Å². The highest BCUT2D eigenvalue weighted by Crippen LogP contribution is 2.49. The minimum absolute atomic E-state index is 0.143. The minimum atomic E-state index is 0.143. The van der Waals surface area contributed by atoms with Crippen molar-refractivity contribution in [1.82, 2.24) is 0 Å². The van der Waals surface area contributed by atoms with Gasteiger partial charge in [0, 0.05) is 0 Å². The first-order chi connectivity index (χ1) is 17.4. The molecule has 0 saturated heterocycles. The van der Waals surface area contributed by atoms with E-state index in [-0.39, 0.29) is 28.9 Å². The average Bonchev–Trinajstić information content (AvgIpc) is 2.77. The Morgan fingerprint density at radius 1 is 0.500 bits per heavy atom. The van der Waals surface area contributed by atoms with Gasteiger partial charge in [0.2, 0.25) is 0 Å². The molecule has 2 aliphatic carbocycles. The van der Waals surface area contributed by atoms with Crippen LogP contribution in [-0.2, 0) is 18.1 Å². The monoisotopic (exact) mass is 574 g/mol. The molecule has 0 aliphatic heterocycles. The van der Waals surface area contributed by atoms with Gasteiger partial charge in [-0.3, -0.25) is 0 Å². The summed E-state index contributed by atoms with van der Waals surface area (Å²) in [6.45, 7) is 30.0. The molecule has 0 amide bonds. The molecule has 4 nitrogen and oxygen atoms in total. The molecule has 0 aromatic rings. The lowest BCUT2D eigenvalue weighted by molar-refractivity contribution is -0.0143. The molecular weight excluding hydrogens is 510 g/mol. The van der Waals surface area contributed by atoms with Crippen molar-refractivity contribution in [3.63, 3.8) is 0 Å². The van der Waals surface area contributed by atoms with Crippen LogP contribution in [0.25, 0.3) is 0 Å². The Morgan fingerprint density at radius 2 is 0.842 bits per heavy atom. The topological polar surface area (TPSA) is 36.9 Å². The molecule has 2 saturated carbocycles. The van der Waals surface area contributed by atoms with Crippen LogP contribution in [-0.4, -0.2) is 25.4 Å². The Hall–Kier alpha value is 0.700. The quantitative estimate of drug-likeness (QED) is 0.182. The van der Waals surface area contributed by atoms with E-state index in [4.69, 9.17) is 18.1 Å². The van der Waals surface area contributed by atoms with Crippen LogP contribution in [0.2, 0.25) is 0 Å². The summed E-state index contributed by atoms with van der Waals surface area (Å²) >= 11 is 0. The van der Waals surface area contributed by atoms with E-state index in [0.29, 0.717) is 34.9 Å². The van der Waals surface area contributed by atoms with Crippen LogP contribution in [0.5, 0.6) is 0 Å². The van der Waals surface area contributed by atoms with E-state index in [2.05, 4.69) is 83.1 Å². The van der Waals surface area contributed by atoms with Crippen LogP contribution in [0.15, 0.2) is 0 Å². The summed E-state index contributed by atoms with van der Waals surface area (Å²) < 4.78 is 24.4. The Morgan fingerprint density at radius 3 is 1.13 bits per heavy atom. The third kappa shape index (κ3) is 11.5. The molecule has 0 aromatic heterocycles. The predicted molar refractivity (Wildman–Crippen MR) is 167 cm³/mol. The van der Waals surface area contributed by atoms with E-state index >= 15 is 0 Å². The van der Waals surface area contributed by atoms with E-state index < -0.39 is 0 Å². The van der Waals surface area contributed by atoms with Gasteiger partial charge in [-0.2, -0.15) is 0 Å². The van der Waals surface area contributed by atoms with Gasteiger partial charge in [0.15, 0.2) is 18.1 Å². The fourth-order valence-corrected chi connectivity index (χ4v) is 7.99. The van der Waals surface area contributed by atoms with Crippen molar-refractivity contribution in [3.8, 4) is 0 Å². The molecule has 226 valence electrons. The largest absolute Gasteiger partial charge is 0.336 e. The fraction of sp³-hybridized carbons (Fsp3) is 1.00. The first-order valence-corrected chi connectivity index (χ1v) is 17.1. The standard InChI is InChI=1S/C32H64O4P2/c1-29(2,3)23-15-17-27(25(21-23)31(7,8)9)35-37-33-19-13-14-20-34-38-36-28-18-16-24(30(4,5)6)22-26(28)32(10,11)12/h23-28,37-38H,13-22H2,1-12H3. The van der Waals surface area contributed by atoms with E-state index in [1.54, 1.807) is 0 Å². The van der Waals surface area contributed by atoms with Crippen LogP contribution in [0.1, 0.15) is 134 Å². The molecular formula is C32H64O4P2. The molecule has 0 heterocycles. The first kappa shape index (κ1) is 34.9. The molecule has 6 heteroatoms. The SMILES string of the molecule is CC(C)(C)C1CCC(OPOCCCCOPOC2CCC(C(C)(C)C)CC2C(C)(C)C)C(C(C)(C)C)C1. The summed E-state index contributed by atoms with van der Waals surface area (Å²) in [5.41, 5.74) is 1.28. The van der Waals surface area contributed by atoms with Gasteiger partial charge in [0.1, 0.15) is 0 Å². The van der Waals surface area contributed by atoms with Crippen molar-refractivity contribution in [2.24, 2.45) is 45.3 Å². The van der Waals surface area contributed by atoms with Gasteiger partial charge in [0.05, 0.1) is 25.4 Å². The highest BCUT2D eigenvalue weighted by Gasteiger charge is 2.43. The van der Waals surface area contributed by atoms with Crippen molar-refractivity contribution >= 4 is 18.1 Å². The smallest absolute Gasteiger partial charge is 0.155 e. The van der Waals surface area contributed by atoms with E-state index in [0.717, 1.165) is 50.7 Å². The summed E-state index contributed by atoms with van der Waals surface area (Å²) in [5.74, 6) is 2.73. The molecule has 2 fully saturated rings. The summed E-state index contributed by atoms with van der Waals surface area (Å²) in [6, 6.07) is 0. The second-order valence-electron chi connectivity index (χ2n) is 16.6. The Balaban J connectivity index is 1.60. The number of hydrogen-bond donors (Lipinski definition) is 0. The molecule has 0 bridgehead atoms. The van der Waals surface area contributed by atoms with E-state index in [1.165, 1.54) is 25.7 Å². The summed E-state index contributed by atoms with van der Waals surface area (Å²) in [4.78, 5) is 0. The van der Waals surface area contributed by atoms with Crippen LogP contribution in [0.3, 0.4) is 0 Å². The lowest BCUT2D eigenvalue weighted by atomic mass is 9.62. The average molecular weight is 575 g/mol. The summed E-state index contributed by atoms with van der Waals surface area (Å²) in [6.07, 6.45) is 10.0. The number of unbranched alkanes of at least 4 members (excludes halogenated alkanes) is 1.